The molecule has 40 valence electrons. The van der Waals surface area contributed by atoms with Crippen LogP contribution in [0.5, 0.6) is 0 Å². The summed E-state index contributed by atoms with van der Waals surface area (Å²) >= 11 is 0. The molecule has 1 rings (SSSR count). The summed E-state index contributed by atoms with van der Waals surface area (Å²) in [6, 6.07) is 0. The van der Waals surface area contributed by atoms with E-state index in [1.807, 2.05) is 0 Å². The standard InChI is InChI=1S/C2H3N3P.V.Y/c6-2-1-3-5-4-2;;/h1H,6H2;;/q-1;;. The summed E-state index contributed by atoms with van der Waals surface area (Å²) in [4.78, 5) is 0. The van der Waals surface area contributed by atoms with Crippen LogP contribution in [0.4, 0.5) is 0 Å². The fourth-order valence-corrected chi connectivity index (χ4v) is 0.307. The van der Waals surface area contributed by atoms with E-state index in [4.69, 9.17) is 0 Å². The van der Waals surface area contributed by atoms with E-state index in [0.29, 0.717) is 0 Å². The van der Waals surface area contributed by atoms with Gasteiger partial charge in [0.05, 0.1) is 0 Å². The molecule has 8 heavy (non-hydrogen) atoms. The summed E-state index contributed by atoms with van der Waals surface area (Å²) in [7, 11) is 2.38. The predicted octanol–water partition coefficient (Wildman–Crippen LogP) is -1.07. The Kier molecular flexibility index (Phi) is 9.56. The monoisotopic (exact) mass is 240 g/mol. The van der Waals surface area contributed by atoms with Crippen molar-refractivity contribution in [3.05, 3.63) is 6.20 Å². The topological polar surface area (TPSA) is 39.9 Å². The molecule has 1 atom stereocenters. The van der Waals surface area contributed by atoms with Crippen molar-refractivity contribution in [2.75, 3.05) is 0 Å². The average molecular weight is 240 g/mol. The second kappa shape index (κ2) is 6.38. The number of nitrogens with zero attached hydrogens (tertiary/aromatic N) is 3. The van der Waals surface area contributed by atoms with Crippen LogP contribution < -0.4 is 10.5 Å². The maximum absolute atomic E-state index is 3.52. The second-order valence-electron chi connectivity index (χ2n) is 0.859. The SMILES string of the molecule is Pc1c[n-]nn1.[V].[Y]. The molecule has 0 fully saturated rings. The molecular formula is C2H3N3PVY-. The van der Waals surface area contributed by atoms with Crippen LogP contribution in [-0.4, -0.2) is 10.3 Å². The van der Waals surface area contributed by atoms with E-state index in [1.165, 1.54) is 0 Å². The van der Waals surface area contributed by atoms with E-state index in [9.17, 15) is 0 Å². The molecule has 0 bridgehead atoms. The van der Waals surface area contributed by atoms with Crippen molar-refractivity contribution in [1.82, 2.24) is 15.4 Å². The van der Waals surface area contributed by atoms with Gasteiger partial charge in [-0.15, -0.1) is 9.24 Å². The van der Waals surface area contributed by atoms with Gasteiger partial charge >= 0.3 is 0 Å². The zero-order valence-corrected chi connectivity index (χ0v) is 9.41. The van der Waals surface area contributed by atoms with Crippen LogP contribution in [0, 0.1) is 0 Å². The molecule has 0 spiro atoms. The zero-order valence-electron chi connectivity index (χ0n) is 4.02. The van der Waals surface area contributed by atoms with E-state index in [2.05, 4.69) is 24.7 Å². The van der Waals surface area contributed by atoms with Gasteiger partial charge in [-0.1, -0.05) is 6.20 Å². The fourth-order valence-electron chi connectivity index (χ4n) is 0.188. The molecule has 1 aromatic heterocycles. The molecule has 0 aliphatic rings. The summed E-state index contributed by atoms with van der Waals surface area (Å²) in [6.45, 7) is 0. The molecular weight excluding hydrogens is 237 g/mol. The summed E-state index contributed by atoms with van der Waals surface area (Å²) in [5.74, 6) is 0. The molecule has 1 heterocycles. The minimum Gasteiger partial charge on any atom is -0.358 e. The summed E-state index contributed by atoms with van der Waals surface area (Å²) < 4.78 is 0. The third-order valence-electron chi connectivity index (χ3n) is 0.402. The molecule has 3 nitrogen and oxygen atoms in total. The molecule has 0 N–H and O–H groups in total. The van der Waals surface area contributed by atoms with Crippen LogP contribution in [-0.2, 0) is 51.3 Å². The maximum Gasteiger partial charge on any atom is 0 e. The molecule has 2 radical (unpaired) electrons. The number of rotatable bonds is 0. The van der Waals surface area contributed by atoms with Crippen molar-refractivity contribution in [3.63, 3.8) is 0 Å². The van der Waals surface area contributed by atoms with Crippen molar-refractivity contribution in [2.45, 2.75) is 0 Å². The predicted molar refractivity (Wildman–Crippen MR) is 24.7 cm³/mol. The second-order valence-corrected chi connectivity index (χ2v) is 1.45. The Labute approximate surface area is 86.7 Å². The Balaban J connectivity index is 0. The summed E-state index contributed by atoms with van der Waals surface area (Å²) in [6.07, 6.45) is 1.57. The van der Waals surface area contributed by atoms with Crippen LogP contribution >= 0.6 is 9.24 Å². The Morgan fingerprint density at radius 1 is 1.62 bits per heavy atom. The third kappa shape index (κ3) is 4.17. The van der Waals surface area contributed by atoms with Crippen LogP contribution in [0.3, 0.4) is 0 Å². The molecule has 0 amide bonds. The largest absolute Gasteiger partial charge is 0.358 e. The smallest absolute Gasteiger partial charge is 0 e. The first-order chi connectivity index (χ1) is 2.89. The van der Waals surface area contributed by atoms with Gasteiger partial charge in [0.1, 0.15) is 0 Å². The first-order valence-electron chi connectivity index (χ1n) is 1.46. The van der Waals surface area contributed by atoms with Gasteiger partial charge in [0.15, 0.2) is 0 Å². The molecule has 0 aromatic carbocycles. The van der Waals surface area contributed by atoms with Crippen LogP contribution in [0.25, 0.3) is 0 Å². The number of aromatic nitrogens is 3. The number of hydrogen-bond donors (Lipinski definition) is 0. The molecule has 1 unspecified atom stereocenters. The minimum absolute atomic E-state index is 0. The molecule has 6 heteroatoms. The van der Waals surface area contributed by atoms with Crippen LogP contribution in [0.1, 0.15) is 0 Å². The third-order valence-corrected chi connectivity index (χ3v) is 0.666. The molecule has 0 aliphatic carbocycles. The molecule has 0 saturated heterocycles. The molecule has 0 aliphatic heterocycles. The van der Waals surface area contributed by atoms with Crippen molar-refractivity contribution < 1.29 is 51.3 Å². The van der Waals surface area contributed by atoms with Crippen molar-refractivity contribution in [2.24, 2.45) is 0 Å². The van der Waals surface area contributed by atoms with Gasteiger partial charge in [-0.05, 0) is 5.44 Å². The Bertz CT molecular complexity index is 121. The van der Waals surface area contributed by atoms with Crippen molar-refractivity contribution in [3.8, 4) is 0 Å². The first-order valence-corrected chi connectivity index (χ1v) is 2.04. The quantitative estimate of drug-likeness (QED) is 0.542. The maximum atomic E-state index is 3.52. The Morgan fingerprint density at radius 3 is 2.38 bits per heavy atom. The van der Waals surface area contributed by atoms with Gasteiger partial charge in [-0.3, -0.25) is 5.21 Å². The molecule has 1 aromatic rings. The van der Waals surface area contributed by atoms with Gasteiger partial charge in [0, 0.05) is 51.3 Å². The van der Waals surface area contributed by atoms with E-state index >= 15 is 0 Å². The average Bonchev–Trinajstić information content (AvgIpc) is 1.86. The van der Waals surface area contributed by atoms with Gasteiger partial charge in [-0.25, -0.2) is 0 Å². The van der Waals surface area contributed by atoms with Crippen LogP contribution in [0.15, 0.2) is 6.20 Å². The zero-order chi connectivity index (χ0) is 4.41. The van der Waals surface area contributed by atoms with Crippen molar-refractivity contribution >= 4 is 14.7 Å². The fraction of sp³-hybridized carbons (Fsp3) is 0. The summed E-state index contributed by atoms with van der Waals surface area (Å²) in [5.41, 5.74) is 0.787. The van der Waals surface area contributed by atoms with Gasteiger partial charge in [0.2, 0.25) is 0 Å². The Hall–Kier alpha value is 1.26. The van der Waals surface area contributed by atoms with Crippen LogP contribution in [0.2, 0.25) is 0 Å². The van der Waals surface area contributed by atoms with Crippen molar-refractivity contribution in [1.29, 1.82) is 0 Å². The normalized spacial score (nSPS) is 6.62. The number of hydrogen-bond acceptors (Lipinski definition) is 2. The van der Waals surface area contributed by atoms with E-state index < -0.39 is 0 Å². The van der Waals surface area contributed by atoms with E-state index in [1.54, 1.807) is 6.20 Å². The van der Waals surface area contributed by atoms with E-state index in [0.717, 1.165) is 5.44 Å². The van der Waals surface area contributed by atoms with E-state index in [-0.39, 0.29) is 51.3 Å². The minimum atomic E-state index is 0. The first kappa shape index (κ1) is 12.0. The van der Waals surface area contributed by atoms with Gasteiger partial charge in [0.25, 0.3) is 0 Å². The Morgan fingerprint density at radius 2 is 2.25 bits per heavy atom. The molecule has 0 saturated carbocycles. The van der Waals surface area contributed by atoms with Gasteiger partial charge in [-0.2, -0.15) is 0 Å². The van der Waals surface area contributed by atoms with Gasteiger partial charge < -0.3 is 10.2 Å². The summed E-state index contributed by atoms with van der Waals surface area (Å²) in [5, 5.41) is 10.3.